The van der Waals surface area contributed by atoms with Crippen LogP contribution >= 0.6 is 35.7 Å². The highest BCUT2D eigenvalue weighted by molar-refractivity contribution is 14.0. The second-order valence-electron chi connectivity index (χ2n) is 5.07. The molecule has 1 aliphatic rings. The number of halogens is 1. The van der Waals surface area contributed by atoms with Crippen molar-refractivity contribution in [2.45, 2.75) is 31.9 Å². The summed E-state index contributed by atoms with van der Waals surface area (Å²) in [6, 6.07) is 0. The summed E-state index contributed by atoms with van der Waals surface area (Å²) in [5.74, 6) is 2.27. The van der Waals surface area contributed by atoms with Gasteiger partial charge in [0.25, 0.3) is 0 Å². The third kappa shape index (κ3) is 9.12. The topological polar surface area (TPSA) is 61.8 Å². The largest absolute Gasteiger partial charge is 0.357 e. The Morgan fingerprint density at radius 1 is 1.43 bits per heavy atom. The van der Waals surface area contributed by atoms with E-state index < -0.39 is 9.84 Å². The van der Waals surface area contributed by atoms with Crippen molar-refractivity contribution >= 4 is 51.5 Å². The molecule has 0 aromatic rings. The monoisotopic (exact) mass is 449 g/mol. The van der Waals surface area contributed by atoms with Gasteiger partial charge in [-0.05, 0) is 19.8 Å². The van der Waals surface area contributed by atoms with Crippen LogP contribution < -0.4 is 5.32 Å². The molecule has 1 aliphatic heterocycles. The molecule has 5 nitrogen and oxygen atoms in total. The van der Waals surface area contributed by atoms with Gasteiger partial charge in [0, 0.05) is 43.4 Å². The van der Waals surface area contributed by atoms with E-state index in [1.807, 2.05) is 11.8 Å². The first kappa shape index (κ1) is 21.3. The first-order valence-corrected chi connectivity index (χ1v) is 10.4. The van der Waals surface area contributed by atoms with Crippen LogP contribution in [0.3, 0.4) is 0 Å². The van der Waals surface area contributed by atoms with Gasteiger partial charge in [-0.3, -0.25) is 4.99 Å². The van der Waals surface area contributed by atoms with Gasteiger partial charge in [-0.25, -0.2) is 8.42 Å². The lowest BCUT2D eigenvalue weighted by molar-refractivity contribution is 0.408. The molecule has 1 atom stereocenters. The molecule has 1 unspecified atom stereocenters. The third-order valence-corrected chi connectivity index (χ3v) is 5.57. The van der Waals surface area contributed by atoms with E-state index in [2.05, 4.69) is 29.1 Å². The average Bonchev–Trinajstić information content (AvgIpc) is 2.41. The quantitative estimate of drug-likeness (QED) is 0.290. The Hall–Kier alpha value is 0.300. The average molecular weight is 449 g/mol. The minimum absolute atomic E-state index is 0. The Labute approximate surface area is 150 Å². The highest BCUT2D eigenvalue weighted by Gasteiger charge is 2.21. The third-order valence-electron chi connectivity index (χ3n) is 3.16. The van der Waals surface area contributed by atoms with Crippen molar-refractivity contribution in [3.05, 3.63) is 0 Å². The molecule has 0 amide bonds. The molecule has 8 heteroatoms. The lowest BCUT2D eigenvalue weighted by Crippen LogP contribution is -2.48. The van der Waals surface area contributed by atoms with Gasteiger partial charge in [-0.15, -0.1) is 24.0 Å². The summed E-state index contributed by atoms with van der Waals surface area (Å²) in [5, 5.41) is 3.98. The predicted octanol–water partition coefficient (Wildman–Crippen LogP) is 1.83. The Morgan fingerprint density at radius 2 is 2.14 bits per heavy atom. The molecule has 1 saturated heterocycles. The Morgan fingerprint density at radius 3 is 2.71 bits per heavy atom. The number of aliphatic imine (C=N–C) groups is 1. The number of guanidine groups is 1. The van der Waals surface area contributed by atoms with E-state index in [9.17, 15) is 8.42 Å². The zero-order valence-electron chi connectivity index (χ0n) is 13.2. The smallest absolute Gasteiger partial charge is 0.193 e. The minimum atomic E-state index is -2.88. The first-order valence-electron chi connectivity index (χ1n) is 7.28. The molecule has 126 valence electrons. The molecular weight excluding hydrogens is 421 g/mol. The predicted molar refractivity (Wildman–Crippen MR) is 104 cm³/mol. The minimum Gasteiger partial charge on any atom is -0.357 e. The van der Waals surface area contributed by atoms with Gasteiger partial charge in [0.1, 0.15) is 9.84 Å². The number of hydrogen-bond donors (Lipinski definition) is 1. The maximum Gasteiger partial charge on any atom is 0.193 e. The molecule has 0 spiro atoms. The summed E-state index contributed by atoms with van der Waals surface area (Å²) in [6.45, 7) is 7.72. The molecule has 0 radical (unpaired) electrons. The summed E-state index contributed by atoms with van der Waals surface area (Å²) in [5.41, 5.74) is 0. The van der Waals surface area contributed by atoms with E-state index in [1.54, 1.807) is 0 Å². The van der Waals surface area contributed by atoms with E-state index in [-0.39, 0.29) is 29.7 Å². The summed E-state index contributed by atoms with van der Waals surface area (Å²) >= 11 is 2.03. The summed E-state index contributed by atoms with van der Waals surface area (Å²) in [7, 11) is -2.88. The van der Waals surface area contributed by atoms with E-state index in [0.717, 1.165) is 31.3 Å². The molecule has 0 saturated carbocycles. The van der Waals surface area contributed by atoms with Gasteiger partial charge in [0.2, 0.25) is 0 Å². The van der Waals surface area contributed by atoms with Crippen molar-refractivity contribution in [1.29, 1.82) is 0 Å². The van der Waals surface area contributed by atoms with Crippen molar-refractivity contribution in [3.63, 3.8) is 0 Å². The summed E-state index contributed by atoms with van der Waals surface area (Å²) in [4.78, 5) is 6.87. The second kappa shape index (κ2) is 10.9. The van der Waals surface area contributed by atoms with Crippen LogP contribution in [-0.2, 0) is 9.84 Å². The SMILES string of the molecule is CCNC(=NCCCS(C)(=O)=O)N1CCSC(CC)C1.I. The fourth-order valence-corrected chi connectivity index (χ4v) is 3.93. The van der Waals surface area contributed by atoms with Gasteiger partial charge in [-0.2, -0.15) is 11.8 Å². The summed E-state index contributed by atoms with van der Waals surface area (Å²) in [6.07, 6.45) is 3.04. The van der Waals surface area contributed by atoms with E-state index in [1.165, 1.54) is 12.7 Å². The number of sulfone groups is 1. The van der Waals surface area contributed by atoms with Crippen LogP contribution in [0.2, 0.25) is 0 Å². The van der Waals surface area contributed by atoms with Gasteiger partial charge < -0.3 is 10.2 Å². The highest BCUT2D eigenvalue weighted by Crippen LogP contribution is 2.21. The normalized spacial score (nSPS) is 20.0. The first-order chi connectivity index (χ1) is 9.46. The van der Waals surface area contributed by atoms with Crippen LogP contribution in [0.15, 0.2) is 4.99 Å². The number of rotatable bonds is 6. The maximum atomic E-state index is 11.1. The maximum absolute atomic E-state index is 11.1. The standard InChI is InChI=1S/C13H27N3O2S2.HI/c1-4-12-11-16(8-9-19-12)13(14-5-2)15-7-6-10-20(3,17)18;/h12H,4-11H2,1-3H3,(H,14,15);1H. The molecule has 1 fully saturated rings. The van der Waals surface area contributed by atoms with Crippen molar-refractivity contribution in [2.24, 2.45) is 4.99 Å². The number of nitrogens with zero attached hydrogens (tertiary/aromatic N) is 2. The lowest BCUT2D eigenvalue weighted by atomic mass is 10.3. The van der Waals surface area contributed by atoms with Crippen molar-refractivity contribution in [1.82, 2.24) is 10.2 Å². The van der Waals surface area contributed by atoms with Crippen LogP contribution in [0.1, 0.15) is 26.7 Å². The van der Waals surface area contributed by atoms with Crippen LogP contribution in [0.5, 0.6) is 0 Å². The highest BCUT2D eigenvalue weighted by atomic mass is 127. The van der Waals surface area contributed by atoms with E-state index >= 15 is 0 Å². The van der Waals surface area contributed by atoms with Crippen molar-refractivity contribution in [3.8, 4) is 0 Å². The number of hydrogen-bond acceptors (Lipinski definition) is 4. The second-order valence-corrected chi connectivity index (χ2v) is 8.73. The van der Waals surface area contributed by atoms with Gasteiger partial charge in [0.05, 0.1) is 5.75 Å². The van der Waals surface area contributed by atoms with E-state index in [0.29, 0.717) is 18.2 Å². The zero-order valence-corrected chi connectivity index (χ0v) is 17.1. The molecule has 0 bridgehead atoms. The molecule has 1 N–H and O–H groups in total. The molecule has 1 rings (SSSR count). The Kier molecular flexibility index (Phi) is 11.1. The Bertz CT molecular complexity index is 416. The van der Waals surface area contributed by atoms with Crippen molar-refractivity contribution in [2.75, 3.05) is 43.9 Å². The molecular formula is C13H28IN3O2S2. The lowest BCUT2D eigenvalue weighted by Gasteiger charge is -2.34. The van der Waals surface area contributed by atoms with Crippen LogP contribution in [-0.4, -0.2) is 68.5 Å². The fraction of sp³-hybridized carbons (Fsp3) is 0.923. The van der Waals surface area contributed by atoms with Crippen LogP contribution in [0, 0.1) is 0 Å². The number of nitrogens with one attached hydrogen (secondary N) is 1. The zero-order chi connectivity index (χ0) is 15.0. The number of thioether (sulfide) groups is 1. The van der Waals surface area contributed by atoms with Crippen molar-refractivity contribution < 1.29 is 8.42 Å². The van der Waals surface area contributed by atoms with Gasteiger partial charge in [0.15, 0.2) is 5.96 Å². The summed E-state index contributed by atoms with van der Waals surface area (Å²) < 4.78 is 22.2. The van der Waals surface area contributed by atoms with Crippen LogP contribution in [0.25, 0.3) is 0 Å². The fourth-order valence-electron chi connectivity index (χ4n) is 2.10. The molecule has 1 heterocycles. The molecule has 21 heavy (non-hydrogen) atoms. The van der Waals surface area contributed by atoms with Gasteiger partial charge >= 0.3 is 0 Å². The van der Waals surface area contributed by atoms with E-state index in [4.69, 9.17) is 0 Å². The molecule has 0 aromatic carbocycles. The molecule has 0 aliphatic carbocycles. The van der Waals surface area contributed by atoms with Crippen LogP contribution in [0.4, 0.5) is 0 Å². The van der Waals surface area contributed by atoms with Gasteiger partial charge in [-0.1, -0.05) is 6.92 Å². The Balaban J connectivity index is 0.00000400. The molecule has 0 aromatic heterocycles.